The van der Waals surface area contributed by atoms with E-state index in [9.17, 15) is 26.4 Å². The minimum absolute atomic E-state index is 0.0858. The van der Waals surface area contributed by atoms with Gasteiger partial charge in [0.15, 0.2) is 0 Å². The van der Waals surface area contributed by atoms with Crippen LogP contribution in [0.3, 0.4) is 0 Å². The Morgan fingerprint density at radius 1 is 1.29 bits per heavy atom. The second-order valence-electron chi connectivity index (χ2n) is 4.96. The highest BCUT2D eigenvalue weighted by atomic mass is 32.2. The Labute approximate surface area is 120 Å². The maximum atomic E-state index is 12.7. The molecule has 1 atom stereocenters. The van der Waals surface area contributed by atoms with Gasteiger partial charge in [0.2, 0.25) is 5.91 Å². The number of hydrogen-bond donors (Lipinski definition) is 0. The molecule has 1 aliphatic rings. The van der Waals surface area contributed by atoms with Crippen LogP contribution in [0.2, 0.25) is 0 Å². The maximum Gasteiger partial charge on any atom is 0.416 e. The second-order valence-corrected chi connectivity index (χ2v) is 6.78. The van der Waals surface area contributed by atoms with E-state index < -0.39 is 38.6 Å². The van der Waals surface area contributed by atoms with Crippen LogP contribution in [-0.4, -0.2) is 24.7 Å². The van der Waals surface area contributed by atoms with Crippen LogP contribution in [0.25, 0.3) is 0 Å². The summed E-state index contributed by atoms with van der Waals surface area (Å²) in [5.74, 6) is -0.578. The predicted octanol–water partition coefficient (Wildman–Crippen LogP) is 2.80. The van der Waals surface area contributed by atoms with E-state index in [-0.39, 0.29) is 6.42 Å². The van der Waals surface area contributed by atoms with E-state index in [4.69, 9.17) is 0 Å². The highest BCUT2D eigenvalue weighted by Gasteiger charge is 2.37. The SMILES string of the molecule is CC1CCCC(=O)N1S(=O)(=O)c1cccc(C(F)(F)F)c1. The minimum Gasteiger partial charge on any atom is -0.274 e. The molecule has 0 N–H and O–H groups in total. The molecule has 0 spiro atoms. The molecule has 1 amide bonds. The van der Waals surface area contributed by atoms with E-state index in [1.165, 1.54) is 0 Å². The lowest BCUT2D eigenvalue weighted by molar-refractivity contribution is -0.137. The number of amides is 1. The van der Waals surface area contributed by atoms with Gasteiger partial charge in [-0.3, -0.25) is 4.79 Å². The molecule has 1 fully saturated rings. The van der Waals surface area contributed by atoms with Gasteiger partial charge in [-0.05, 0) is 38.0 Å². The first-order chi connectivity index (χ1) is 9.64. The molecule has 1 aliphatic heterocycles. The summed E-state index contributed by atoms with van der Waals surface area (Å²) in [4.78, 5) is 11.3. The zero-order chi connectivity index (χ0) is 15.8. The Kier molecular flexibility index (Phi) is 4.01. The highest BCUT2D eigenvalue weighted by molar-refractivity contribution is 7.89. The number of sulfonamides is 1. The Bertz CT molecular complexity index is 655. The zero-order valence-corrected chi connectivity index (χ0v) is 12.0. The zero-order valence-electron chi connectivity index (χ0n) is 11.2. The fourth-order valence-corrected chi connectivity index (χ4v) is 4.03. The van der Waals surface area contributed by atoms with Gasteiger partial charge in [-0.25, -0.2) is 12.7 Å². The van der Waals surface area contributed by atoms with Gasteiger partial charge >= 0.3 is 6.18 Å². The smallest absolute Gasteiger partial charge is 0.274 e. The first kappa shape index (κ1) is 15.8. The number of piperidine rings is 1. The monoisotopic (exact) mass is 321 g/mol. The van der Waals surface area contributed by atoms with Gasteiger partial charge < -0.3 is 0 Å². The molecule has 0 aromatic heterocycles. The second kappa shape index (κ2) is 5.32. The van der Waals surface area contributed by atoms with E-state index >= 15 is 0 Å². The van der Waals surface area contributed by atoms with Crippen molar-refractivity contribution in [2.24, 2.45) is 0 Å². The molecule has 8 heteroatoms. The van der Waals surface area contributed by atoms with Crippen molar-refractivity contribution in [2.75, 3.05) is 0 Å². The lowest BCUT2D eigenvalue weighted by Crippen LogP contribution is -2.45. The van der Waals surface area contributed by atoms with Crippen molar-refractivity contribution in [1.29, 1.82) is 0 Å². The van der Waals surface area contributed by atoms with Crippen molar-refractivity contribution in [1.82, 2.24) is 4.31 Å². The average molecular weight is 321 g/mol. The summed E-state index contributed by atoms with van der Waals surface area (Å²) in [7, 11) is -4.26. The molecule has 1 heterocycles. The molecular weight excluding hydrogens is 307 g/mol. The number of rotatable bonds is 2. The number of carbonyl (C=O) groups is 1. The van der Waals surface area contributed by atoms with Crippen molar-refractivity contribution in [3.8, 4) is 0 Å². The van der Waals surface area contributed by atoms with Gasteiger partial charge in [0, 0.05) is 12.5 Å². The summed E-state index contributed by atoms with van der Waals surface area (Å²) in [5.41, 5.74) is -1.05. The van der Waals surface area contributed by atoms with E-state index in [1.807, 2.05) is 0 Å². The van der Waals surface area contributed by atoms with Crippen molar-refractivity contribution >= 4 is 15.9 Å². The fourth-order valence-electron chi connectivity index (χ4n) is 2.34. The molecule has 0 bridgehead atoms. The Morgan fingerprint density at radius 3 is 2.52 bits per heavy atom. The molecule has 1 aromatic carbocycles. The summed E-state index contributed by atoms with van der Waals surface area (Å²) >= 11 is 0. The lowest BCUT2D eigenvalue weighted by atomic mass is 10.1. The fraction of sp³-hybridized carbons (Fsp3) is 0.462. The molecule has 0 aliphatic carbocycles. The van der Waals surface area contributed by atoms with Crippen LogP contribution in [0.4, 0.5) is 13.2 Å². The molecule has 116 valence electrons. The van der Waals surface area contributed by atoms with Crippen molar-refractivity contribution in [3.05, 3.63) is 29.8 Å². The molecule has 4 nitrogen and oxygen atoms in total. The highest BCUT2D eigenvalue weighted by Crippen LogP contribution is 2.32. The summed E-state index contributed by atoms with van der Waals surface area (Å²) in [6, 6.07) is 2.89. The first-order valence-corrected chi connectivity index (χ1v) is 7.82. The van der Waals surface area contributed by atoms with Crippen LogP contribution in [-0.2, 0) is 21.0 Å². The summed E-state index contributed by atoms with van der Waals surface area (Å²) < 4.78 is 63.6. The van der Waals surface area contributed by atoms with Gasteiger partial charge in [-0.1, -0.05) is 6.07 Å². The third-order valence-electron chi connectivity index (χ3n) is 3.38. The summed E-state index contributed by atoms with van der Waals surface area (Å²) in [5, 5.41) is 0. The van der Waals surface area contributed by atoms with Gasteiger partial charge in [0.25, 0.3) is 10.0 Å². The van der Waals surface area contributed by atoms with Crippen LogP contribution < -0.4 is 0 Å². The number of benzene rings is 1. The van der Waals surface area contributed by atoms with Crippen molar-refractivity contribution < 1.29 is 26.4 Å². The summed E-state index contributed by atoms with van der Waals surface area (Å²) in [6.07, 6.45) is -3.47. The molecule has 1 unspecified atom stereocenters. The maximum absolute atomic E-state index is 12.7. The number of carbonyl (C=O) groups excluding carboxylic acids is 1. The number of hydrogen-bond acceptors (Lipinski definition) is 3. The molecule has 1 aromatic rings. The Morgan fingerprint density at radius 2 is 1.95 bits per heavy atom. The quantitative estimate of drug-likeness (QED) is 0.841. The normalized spacial score (nSPS) is 20.7. The van der Waals surface area contributed by atoms with Gasteiger partial charge in [0.05, 0.1) is 10.5 Å². The van der Waals surface area contributed by atoms with Crippen LogP contribution in [0, 0.1) is 0 Å². The molecular formula is C13H14F3NO3S. The number of halogens is 3. The van der Waals surface area contributed by atoms with Crippen molar-refractivity contribution in [2.45, 2.75) is 43.3 Å². The van der Waals surface area contributed by atoms with E-state index in [0.29, 0.717) is 23.2 Å². The predicted molar refractivity (Wildman–Crippen MR) is 68.8 cm³/mol. The average Bonchev–Trinajstić information content (AvgIpc) is 2.37. The molecule has 2 rings (SSSR count). The number of nitrogens with zero attached hydrogens (tertiary/aromatic N) is 1. The largest absolute Gasteiger partial charge is 0.416 e. The standard InChI is InChI=1S/C13H14F3NO3S/c1-9-4-2-7-12(18)17(9)21(19,20)11-6-3-5-10(8-11)13(14,15)16/h3,5-6,8-9H,2,4,7H2,1H3. The van der Waals surface area contributed by atoms with Crippen LogP contribution in [0.15, 0.2) is 29.2 Å². The Hall–Kier alpha value is -1.57. The Balaban J connectivity index is 2.47. The number of alkyl halides is 3. The van der Waals surface area contributed by atoms with E-state index in [2.05, 4.69) is 0 Å². The van der Waals surface area contributed by atoms with Gasteiger partial charge in [-0.2, -0.15) is 13.2 Å². The topological polar surface area (TPSA) is 54.5 Å². The van der Waals surface area contributed by atoms with Crippen LogP contribution in [0.1, 0.15) is 31.7 Å². The minimum atomic E-state index is -4.64. The van der Waals surface area contributed by atoms with Gasteiger partial charge in [0.1, 0.15) is 0 Å². The third kappa shape index (κ3) is 3.04. The van der Waals surface area contributed by atoms with Gasteiger partial charge in [-0.15, -0.1) is 0 Å². The third-order valence-corrected chi connectivity index (χ3v) is 5.31. The molecule has 0 radical (unpaired) electrons. The summed E-state index contributed by atoms with van der Waals surface area (Å²) in [6.45, 7) is 1.57. The van der Waals surface area contributed by atoms with E-state index in [1.54, 1.807) is 6.92 Å². The molecule has 1 saturated heterocycles. The van der Waals surface area contributed by atoms with E-state index in [0.717, 1.165) is 18.2 Å². The first-order valence-electron chi connectivity index (χ1n) is 6.38. The lowest BCUT2D eigenvalue weighted by Gasteiger charge is -2.32. The van der Waals surface area contributed by atoms with Crippen molar-refractivity contribution in [3.63, 3.8) is 0 Å². The van der Waals surface area contributed by atoms with Crippen LogP contribution >= 0.6 is 0 Å². The molecule has 21 heavy (non-hydrogen) atoms. The molecule has 0 saturated carbocycles. The van der Waals surface area contributed by atoms with Crippen LogP contribution in [0.5, 0.6) is 0 Å².